The standard InChI is InChI=1S/C27H31N7O2/c1-16-8-21(6-7-29-16)30-26-10-23(20-9-22(12-28-11-20)34-14-25-24(34)15-36-25)31-27(32-26)19-5-4-17(2)33(13-19)18(3)35/h6-12,17,19,24-25H,4-5,13-15H2,1-3H3,(H,29,30,31,32)/t17-,19+,24+,25?/m0/s1. The van der Waals surface area contributed by atoms with Gasteiger partial charge >= 0.3 is 0 Å². The summed E-state index contributed by atoms with van der Waals surface area (Å²) in [4.78, 5) is 35.3. The first-order valence-electron chi connectivity index (χ1n) is 12.6. The summed E-state index contributed by atoms with van der Waals surface area (Å²) < 4.78 is 5.57. The molecule has 0 aromatic carbocycles. The second-order valence-electron chi connectivity index (χ2n) is 10.1. The molecule has 3 aromatic rings. The fourth-order valence-electron chi connectivity index (χ4n) is 5.38. The van der Waals surface area contributed by atoms with Crippen LogP contribution in [0.15, 0.2) is 42.9 Å². The van der Waals surface area contributed by atoms with E-state index >= 15 is 0 Å². The van der Waals surface area contributed by atoms with Crippen LogP contribution in [0.2, 0.25) is 0 Å². The van der Waals surface area contributed by atoms with E-state index in [0.717, 1.165) is 66.0 Å². The van der Waals surface area contributed by atoms with E-state index in [1.807, 2.05) is 42.4 Å². The van der Waals surface area contributed by atoms with Crippen molar-refractivity contribution in [3.63, 3.8) is 0 Å². The zero-order valence-corrected chi connectivity index (χ0v) is 20.9. The number of carbonyl (C=O) groups is 1. The van der Waals surface area contributed by atoms with Crippen LogP contribution >= 0.6 is 0 Å². The predicted octanol–water partition coefficient (Wildman–Crippen LogP) is 3.69. The monoisotopic (exact) mass is 485 g/mol. The fourth-order valence-corrected chi connectivity index (χ4v) is 5.38. The number of nitrogens with one attached hydrogen (secondary N) is 1. The first-order valence-corrected chi connectivity index (χ1v) is 12.6. The highest BCUT2D eigenvalue weighted by atomic mass is 16.5. The number of amides is 1. The van der Waals surface area contributed by atoms with Crippen LogP contribution in [0.4, 0.5) is 17.2 Å². The second kappa shape index (κ2) is 9.13. The molecule has 3 saturated heterocycles. The van der Waals surface area contributed by atoms with Gasteiger partial charge in [-0.3, -0.25) is 14.8 Å². The summed E-state index contributed by atoms with van der Waals surface area (Å²) >= 11 is 0. The Morgan fingerprint density at radius 2 is 2.03 bits per heavy atom. The molecule has 3 aliphatic heterocycles. The number of hydrogen-bond donors (Lipinski definition) is 1. The molecule has 6 heterocycles. The number of nitrogens with zero attached hydrogens (tertiary/aromatic N) is 6. The number of fused-ring (bicyclic) bond motifs is 1. The van der Waals surface area contributed by atoms with E-state index in [-0.39, 0.29) is 17.9 Å². The number of hydrogen-bond acceptors (Lipinski definition) is 8. The van der Waals surface area contributed by atoms with Gasteiger partial charge in [0, 0.05) is 67.4 Å². The molecule has 4 atom stereocenters. The molecule has 0 radical (unpaired) electrons. The Morgan fingerprint density at radius 3 is 2.75 bits per heavy atom. The van der Waals surface area contributed by atoms with Crippen LogP contribution in [0.1, 0.15) is 44.1 Å². The first-order chi connectivity index (χ1) is 17.4. The van der Waals surface area contributed by atoms with E-state index < -0.39 is 0 Å². The molecule has 36 heavy (non-hydrogen) atoms. The van der Waals surface area contributed by atoms with Crippen LogP contribution in [0.25, 0.3) is 11.3 Å². The predicted molar refractivity (Wildman–Crippen MR) is 137 cm³/mol. The van der Waals surface area contributed by atoms with Crippen LogP contribution in [0, 0.1) is 6.92 Å². The summed E-state index contributed by atoms with van der Waals surface area (Å²) in [5.74, 6) is 1.64. The molecule has 0 bridgehead atoms. The van der Waals surface area contributed by atoms with Crippen LogP contribution < -0.4 is 10.2 Å². The minimum absolute atomic E-state index is 0.0733. The van der Waals surface area contributed by atoms with Gasteiger partial charge in [0.15, 0.2) is 0 Å². The van der Waals surface area contributed by atoms with E-state index in [4.69, 9.17) is 14.7 Å². The zero-order valence-electron chi connectivity index (χ0n) is 20.9. The smallest absolute Gasteiger partial charge is 0.219 e. The number of morpholine rings is 1. The Hall–Kier alpha value is -3.59. The van der Waals surface area contributed by atoms with Gasteiger partial charge in [-0.05, 0) is 44.9 Å². The zero-order chi connectivity index (χ0) is 24.8. The number of pyridine rings is 2. The second-order valence-corrected chi connectivity index (χ2v) is 10.1. The van der Waals surface area contributed by atoms with Gasteiger partial charge in [-0.15, -0.1) is 0 Å². The highest BCUT2D eigenvalue weighted by Crippen LogP contribution is 2.37. The Balaban J connectivity index is 1.35. The average molecular weight is 486 g/mol. The van der Waals surface area contributed by atoms with E-state index in [2.05, 4.69) is 33.2 Å². The van der Waals surface area contributed by atoms with Crippen molar-refractivity contribution in [1.82, 2.24) is 24.8 Å². The number of aryl methyl sites for hydroxylation is 1. The Bertz CT molecular complexity index is 1300. The van der Waals surface area contributed by atoms with Gasteiger partial charge in [-0.2, -0.15) is 0 Å². The Kier molecular flexibility index (Phi) is 5.79. The molecule has 1 unspecified atom stereocenters. The molecule has 1 N–H and O–H groups in total. The van der Waals surface area contributed by atoms with Crippen LogP contribution in [-0.4, -0.2) is 68.6 Å². The normalized spacial score (nSPS) is 25.0. The van der Waals surface area contributed by atoms with Crippen molar-refractivity contribution in [2.24, 2.45) is 0 Å². The van der Waals surface area contributed by atoms with Crippen molar-refractivity contribution in [2.45, 2.75) is 57.7 Å². The molecule has 1 amide bonds. The highest BCUT2D eigenvalue weighted by Gasteiger charge is 2.47. The number of anilines is 3. The van der Waals surface area contributed by atoms with Crippen molar-refractivity contribution in [3.8, 4) is 11.3 Å². The number of aromatic nitrogens is 4. The molecular weight excluding hydrogens is 454 g/mol. The van der Waals surface area contributed by atoms with Crippen molar-refractivity contribution in [1.29, 1.82) is 0 Å². The molecule has 3 aromatic heterocycles. The van der Waals surface area contributed by atoms with E-state index in [1.54, 1.807) is 13.1 Å². The topological polar surface area (TPSA) is 96.4 Å². The summed E-state index contributed by atoms with van der Waals surface area (Å²) in [5, 5.41) is 3.44. The number of likely N-dealkylation sites (tertiary alicyclic amines) is 1. The number of carbonyl (C=O) groups excluding carboxylic acids is 1. The lowest BCUT2D eigenvalue weighted by Crippen LogP contribution is -2.70. The number of ether oxygens (including phenoxy) is 1. The Labute approximate surface area is 210 Å². The largest absolute Gasteiger partial charge is 0.372 e. The Morgan fingerprint density at radius 1 is 1.14 bits per heavy atom. The minimum atomic E-state index is 0.0733. The number of rotatable bonds is 5. The van der Waals surface area contributed by atoms with Gasteiger partial charge in [-0.1, -0.05) is 0 Å². The van der Waals surface area contributed by atoms with Gasteiger partial charge in [0.2, 0.25) is 5.91 Å². The van der Waals surface area contributed by atoms with Gasteiger partial charge in [-0.25, -0.2) is 9.97 Å². The minimum Gasteiger partial charge on any atom is -0.372 e. The van der Waals surface area contributed by atoms with Gasteiger partial charge in [0.05, 0.1) is 36.3 Å². The third-order valence-corrected chi connectivity index (χ3v) is 7.60. The average Bonchev–Trinajstić information content (AvgIpc) is 2.85. The third kappa shape index (κ3) is 4.28. The van der Waals surface area contributed by atoms with Crippen LogP contribution in [-0.2, 0) is 9.53 Å². The molecule has 3 aliphatic rings. The first kappa shape index (κ1) is 22.8. The third-order valence-electron chi connectivity index (χ3n) is 7.60. The molecule has 0 aliphatic carbocycles. The van der Waals surface area contributed by atoms with Crippen LogP contribution in [0.3, 0.4) is 0 Å². The molecular formula is C27H31N7O2. The van der Waals surface area contributed by atoms with Crippen molar-refractivity contribution >= 4 is 23.1 Å². The SMILES string of the molecule is CC(=O)N1C[C@H](c2nc(Nc3ccnc(C)c3)cc(-c3cncc(N4CC5OC[C@H]54)c3)n2)CC[C@@H]1C. The number of piperidine rings is 1. The van der Waals surface area contributed by atoms with E-state index in [9.17, 15) is 4.79 Å². The molecule has 6 rings (SSSR count). The molecule has 9 heteroatoms. The quantitative estimate of drug-likeness (QED) is 0.585. The van der Waals surface area contributed by atoms with E-state index in [1.165, 1.54) is 0 Å². The summed E-state index contributed by atoms with van der Waals surface area (Å²) in [5.41, 5.74) is 4.70. The lowest BCUT2D eigenvalue weighted by Gasteiger charge is -2.55. The molecule has 0 saturated carbocycles. The molecule has 9 nitrogen and oxygen atoms in total. The summed E-state index contributed by atoms with van der Waals surface area (Å²) in [6.07, 6.45) is 7.78. The van der Waals surface area contributed by atoms with Gasteiger partial charge in [0.25, 0.3) is 0 Å². The maximum atomic E-state index is 12.2. The van der Waals surface area contributed by atoms with Crippen molar-refractivity contribution in [2.75, 3.05) is 29.9 Å². The van der Waals surface area contributed by atoms with Gasteiger partial charge in [0.1, 0.15) is 11.6 Å². The fraction of sp³-hybridized carbons (Fsp3) is 0.444. The maximum Gasteiger partial charge on any atom is 0.219 e. The lowest BCUT2D eigenvalue weighted by molar-refractivity contribution is -0.132. The molecule has 0 spiro atoms. The summed E-state index contributed by atoms with van der Waals surface area (Å²) in [7, 11) is 0. The van der Waals surface area contributed by atoms with Crippen LogP contribution in [0.5, 0.6) is 0 Å². The summed E-state index contributed by atoms with van der Waals surface area (Å²) in [6, 6.07) is 8.73. The van der Waals surface area contributed by atoms with E-state index in [0.29, 0.717) is 18.7 Å². The van der Waals surface area contributed by atoms with Crippen molar-refractivity contribution in [3.05, 3.63) is 54.4 Å². The lowest BCUT2D eigenvalue weighted by atomic mass is 9.92. The molecule has 3 fully saturated rings. The molecule has 186 valence electrons. The summed E-state index contributed by atoms with van der Waals surface area (Å²) in [6.45, 7) is 8.02. The maximum absolute atomic E-state index is 12.2. The highest BCUT2D eigenvalue weighted by molar-refractivity contribution is 5.74. The van der Waals surface area contributed by atoms with Crippen molar-refractivity contribution < 1.29 is 9.53 Å². The van der Waals surface area contributed by atoms with Gasteiger partial charge < -0.3 is 19.9 Å².